The van der Waals surface area contributed by atoms with Gasteiger partial charge in [-0.15, -0.1) is 0 Å². The van der Waals surface area contributed by atoms with Crippen molar-refractivity contribution < 1.29 is 21.6 Å². The highest BCUT2D eigenvalue weighted by molar-refractivity contribution is 7.91. The van der Waals surface area contributed by atoms with Gasteiger partial charge in [-0.05, 0) is 44.3 Å². The molecule has 2 N–H and O–H groups in total. The van der Waals surface area contributed by atoms with Crippen LogP contribution in [0.4, 0.5) is 0 Å². The lowest BCUT2D eigenvalue weighted by atomic mass is 10.3. The molecule has 7 nitrogen and oxygen atoms in total. The van der Waals surface area contributed by atoms with Crippen LogP contribution in [-0.2, 0) is 19.9 Å². The Kier molecular flexibility index (Phi) is 7.97. The summed E-state index contributed by atoms with van der Waals surface area (Å²) in [5.41, 5.74) is 0. The molecule has 0 aliphatic heterocycles. The van der Waals surface area contributed by atoms with Crippen molar-refractivity contribution >= 4 is 19.9 Å². The molecule has 0 saturated carbocycles. The van der Waals surface area contributed by atoms with Crippen LogP contribution in [0.2, 0.25) is 0 Å². The summed E-state index contributed by atoms with van der Waals surface area (Å²) < 4.78 is 54.6. The molecule has 0 spiro atoms. The minimum atomic E-state index is -3.53. The number of benzene rings is 1. The SMILES string of the molecule is CCS(=O)(=O)CCOc1ccc(S(=O)(=O)NCCCNC)cc1. The maximum atomic E-state index is 12.0. The van der Waals surface area contributed by atoms with Crippen LogP contribution in [0.25, 0.3) is 0 Å². The predicted molar refractivity (Wildman–Crippen MR) is 90.0 cm³/mol. The average Bonchev–Trinajstić information content (AvgIpc) is 2.52. The van der Waals surface area contributed by atoms with Crippen LogP contribution in [-0.4, -0.2) is 55.1 Å². The number of sulfone groups is 1. The third-order valence-electron chi connectivity index (χ3n) is 3.13. The topological polar surface area (TPSA) is 102 Å². The van der Waals surface area contributed by atoms with Gasteiger partial charge in [0, 0.05) is 12.3 Å². The summed E-state index contributed by atoms with van der Waals surface area (Å²) in [6, 6.07) is 5.90. The molecule has 0 heterocycles. The Morgan fingerprint density at radius 3 is 2.26 bits per heavy atom. The fourth-order valence-corrected chi connectivity index (χ4v) is 3.40. The second kappa shape index (κ2) is 9.21. The van der Waals surface area contributed by atoms with E-state index in [1.165, 1.54) is 24.3 Å². The van der Waals surface area contributed by atoms with Crippen LogP contribution in [0.3, 0.4) is 0 Å². The van der Waals surface area contributed by atoms with Crippen LogP contribution < -0.4 is 14.8 Å². The lowest BCUT2D eigenvalue weighted by Gasteiger charge is -2.09. The van der Waals surface area contributed by atoms with Crippen molar-refractivity contribution in [2.24, 2.45) is 0 Å². The fourth-order valence-electron chi connectivity index (χ4n) is 1.70. The van der Waals surface area contributed by atoms with E-state index in [0.29, 0.717) is 18.7 Å². The summed E-state index contributed by atoms with van der Waals surface area (Å²) in [4.78, 5) is 0.149. The normalized spacial score (nSPS) is 12.3. The smallest absolute Gasteiger partial charge is 0.240 e. The zero-order valence-electron chi connectivity index (χ0n) is 13.4. The molecule has 0 radical (unpaired) electrons. The molecule has 9 heteroatoms. The van der Waals surface area contributed by atoms with Crippen molar-refractivity contribution in [3.05, 3.63) is 24.3 Å². The van der Waals surface area contributed by atoms with Crippen molar-refractivity contribution in [1.29, 1.82) is 0 Å². The summed E-state index contributed by atoms with van der Waals surface area (Å²) in [7, 11) is -4.80. The molecule has 0 bridgehead atoms. The molecule has 0 aliphatic rings. The van der Waals surface area contributed by atoms with Crippen LogP contribution in [0, 0.1) is 0 Å². The standard InChI is InChI=1S/C14H24N2O5S2/c1-3-22(17,18)12-11-21-13-5-7-14(8-6-13)23(19,20)16-10-4-9-15-2/h5-8,15-16H,3-4,9-12H2,1-2H3. The maximum Gasteiger partial charge on any atom is 0.240 e. The highest BCUT2D eigenvalue weighted by atomic mass is 32.2. The van der Waals surface area contributed by atoms with E-state index in [4.69, 9.17) is 4.74 Å². The molecule has 0 aliphatic carbocycles. The summed E-state index contributed by atoms with van der Waals surface area (Å²) in [6.45, 7) is 2.72. The molecule has 0 fully saturated rings. The highest BCUT2D eigenvalue weighted by Crippen LogP contribution is 2.16. The van der Waals surface area contributed by atoms with E-state index in [2.05, 4.69) is 10.0 Å². The van der Waals surface area contributed by atoms with E-state index < -0.39 is 19.9 Å². The molecule has 1 aromatic carbocycles. The van der Waals surface area contributed by atoms with E-state index in [-0.39, 0.29) is 23.0 Å². The van der Waals surface area contributed by atoms with Gasteiger partial charge < -0.3 is 10.1 Å². The van der Waals surface area contributed by atoms with Gasteiger partial charge in [0.25, 0.3) is 0 Å². The van der Waals surface area contributed by atoms with Crippen LogP contribution in [0.15, 0.2) is 29.2 Å². The number of ether oxygens (including phenoxy) is 1. The first kappa shape index (κ1) is 19.9. The summed E-state index contributed by atoms with van der Waals surface area (Å²) >= 11 is 0. The number of hydrogen-bond donors (Lipinski definition) is 2. The molecule has 0 saturated heterocycles. The highest BCUT2D eigenvalue weighted by Gasteiger charge is 2.13. The van der Waals surface area contributed by atoms with Gasteiger partial charge in [0.2, 0.25) is 10.0 Å². The third-order valence-corrected chi connectivity index (χ3v) is 6.28. The van der Waals surface area contributed by atoms with Gasteiger partial charge in [-0.2, -0.15) is 0 Å². The van der Waals surface area contributed by atoms with Gasteiger partial charge in [-0.25, -0.2) is 21.6 Å². The Morgan fingerprint density at radius 2 is 1.70 bits per heavy atom. The predicted octanol–water partition coefficient (Wildman–Crippen LogP) is 0.388. The summed E-state index contributed by atoms with van der Waals surface area (Å²) in [6.07, 6.45) is 0.697. The van der Waals surface area contributed by atoms with Gasteiger partial charge >= 0.3 is 0 Å². The number of hydrogen-bond acceptors (Lipinski definition) is 6. The maximum absolute atomic E-state index is 12.0. The van der Waals surface area contributed by atoms with Crippen molar-refractivity contribution in [2.45, 2.75) is 18.2 Å². The number of rotatable bonds is 11. The first-order valence-electron chi connectivity index (χ1n) is 7.38. The Labute approximate surface area is 138 Å². The van der Waals surface area contributed by atoms with Crippen molar-refractivity contribution in [3.63, 3.8) is 0 Å². The number of sulfonamides is 1. The first-order valence-corrected chi connectivity index (χ1v) is 10.7. The Bertz CT molecular complexity index is 670. The Balaban J connectivity index is 2.55. The minimum absolute atomic E-state index is 0.0462. The summed E-state index contributed by atoms with van der Waals surface area (Å²) in [5, 5.41) is 2.94. The molecule has 0 aromatic heterocycles. The largest absolute Gasteiger partial charge is 0.493 e. The minimum Gasteiger partial charge on any atom is -0.493 e. The van der Waals surface area contributed by atoms with E-state index in [0.717, 1.165) is 6.54 Å². The van der Waals surface area contributed by atoms with Crippen molar-refractivity contribution in [1.82, 2.24) is 10.0 Å². The summed E-state index contributed by atoms with van der Waals surface area (Å²) in [5.74, 6) is 0.453. The van der Waals surface area contributed by atoms with Gasteiger partial charge in [-0.3, -0.25) is 0 Å². The molecule has 0 atom stereocenters. The molecule has 0 unspecified atom stereocenters. The lowest BCUT2D eigenvalue weighted by Crippen LogP contribution is -2.26. The zero-order chi connectivity index (χ0) is 17.3. The zero-order valence-corrected chi connectivity index (χ0v) is 15.0. The van der Waals surface area contributed by atoms with Gasteiger partial charge in [0.05, 0.1) is 10.6 Å². The molecule has 0 amide bonds. The average molecular weight is 364 g/mol. The van der Waals surface area contributed by atoms with Crippen molar-refractivity contribution in [3.8, 4) is 5.75 Å². The van der Waals surface area contributed by atoms with E-state index in [1.807, 2.05) is 0 Å². The molecular weight excluding hydrogens is 340 g/mol. The number of nitrogens with one attached hydrogen (secondary N) is 2. The quantitative estimate of drug-likeness (QED) is 0.551. The van der Waals surface area contributed by atoms with E-state index in [1.54, 1.807) is 14.0 Å². The monoisotopic (exact) mass is 364 g/mol. The first-order chi connectivity index (χ1) is 10.8. The molecular formula is C14H24N2O5S2. The van der Waals surface area contributed by atoms with Crippen LogP contribution in [0.1, 0.15) is 13.3 Å². The van der Waals surface area contributed by atoms with E-state index in [9.17, 15) is 16.8 Å². The van der Waals surface area contributed by atoms with Gasteiger partial charge in [0.1, 0.15) is 12.4 Å². The lowest BCUT2D eigenvalue weighted by molar-refractivity contribution is 0.340. The van der Waals surface area contributed by atoms with Gasteiger partial charge in [0.15, 0.2) is 9.84 Å². The Morgan fingerprint density at radius 1 is 1.04 bits per heavy atom. The van der Waals surface area contributed by atoms with E-state index >= 15 is 0 Å². The molecule has 1 aromatic rings. The third kappa shape index (κ3) is 7.30. The molecule has 23 heavy (non-hydrogen) atoms. The second-order valence-electron chi connectivity index (χ2n) is 4.91. The van der Waals surface area contributed by atoms with Crippen molar-refractivity contribution in [2.75, 3.05) is 38.2 Å². The van der Waals surface area contributed by atoms with Crippen LogP contribution in [0.5, 0.6) is 5.75 Å². The second-order valence-corrected chi connectivity index (χ2v) is 9.15. The fraction of sp³-hybridized carbons (Fsp3) is 0.571. The van der Waals surface area contributed by atoms with Gasteiger partial charge in [-0.1, -0.05) is 6.92 Å². The molecule has 1 rings (SSSR count). The van der Waals surface area contributed by atoms with Crippen LogP contribution >= 0.6 is 0 Å². The molecule has 132 valence electrons. The Hall–Kier alpha value is -1.16.